The highest BCUT2D eigenvalue weighted by molar-refractivity contribution is 6.30. The minimum atomic E-state index is 0.215. The van der Waals surface area contributed by atoms with Crippen LogP contribution in [0.2, 0.25) is 5.02 Å². The smallest absolute Gasteiger partial charge is 0.222 e. The molecule has 2 aliphatic heterocycles. The number of hydrogen-bond acceptors (Lipinski definition) is 3. The first kappa shape index (κ1) is 17.7. The Hall–Kier alpha value is -1.10. The molecule has 0 aliphatic carbocycles. The lowest BCUT2D eigenvalue weighted by molar-refractivity contribution is -0.140. The standard InChI is InChI=1S/C19H27ClN2O2/c1-24-14-13-22-12-10-19(22)9-2-11-21(15-19)18(23)8-5-16-3-6-17(20)7-4-16/h3-4,6-7H,2,5,8-15H2,1H3/t19-/m1/s1. The van der Waals surface area contributed by atoms with Gasteiger partial charge in [0, 0.05) is 50.3 Å². The lowest BCUT2D eigenvalue weighted by Gasteiger charge is -2.57. The van der Waals surface area contributed by atoms with E-state index in [1.807, 2.05) is 24.3 Å². The molecule has 0 aromatic heterocycles. The molecule has 2 aliphatic rings. The number of aryl methyl sites for hydroxylation is 1. The summed E-state index contributed by atoms with van der Waals surface area (Å²) >= 11 is 5.91. The maximum atomic E-state index is 12.6. The molecule has 4 nitrogen and oxygen atoms in total. The van der Waals surface area contributed by atoms with Crippen molar-refractivity contribution < 1.29 is 9.53 Å². The fourth-order valence-electron chi connectivity index (χ4n) is 3.98. The van der Waals surface area contributed by atoms with Gasteiger partial charge in [-0.2, -0.15) is 0 Å². The van der Waals surface area contributed by atoms with Crippen LogP contribution in [0.25, 0.3) is 0 Å². The lowest BCUT2D eigenvalue weighted by Crippen LogP contribution is -2.67. The summed E-state index contributed by atoms with van der Waals surface area (Å²) in [6, 6.07) is 7.79. The van der Waals surface area contributed by atoms with Crippen LogP contribution < -0.4 is 0 Å². The number of carbonyl (C=O) groups excluding carboxylic acids is 1. The third-order valence-electron chi connectivity index (χ3n) is 5.53. The number of ether oxygens (including phenoxy) is 1. The van der Waals surface area contributed by atoms with Gasteiger partial charge in [0.25, 0.3) is 0 Å². The third kappa shape index (κ3) is 3.93. The maximum Gasteiger partial charge on any atom is 0.222 e. The zero-order valence-electron chi connectivity index (χ0n) is 14.5. The Balaban J connectivity index is 1.52. The summed E-state index contributed by atoms with van der Waals surface area (Å²) in [5.74, 6) is 0.280. The highest BCUT2D eigenvalue weighted by Crippen LogP contribution is 2.38. The van der Waals surface area contributed by atoms with E-state index in [0.717, 1.165) is 50.7 Å². The van der Waals surface area contributed by atoms with Crippen molar-refractivity contribution >= 4 is 17.5 Å². The molecule has 2 heterocycles. The Bertz CT molecular complexity index is 563. The second kappa shape index (κ2) is 7.85. The van der Waals surface area contributed by atoms with Gasteiger partial charge in [-0.25, -0.2) is 0 Å². The molecule has 1 aromatic carbocycles. The quantitative estimate of drug-likeness (QED) is 0.790. The van der Waals surface area contributed by atoms with Crippen molar-refractivity contribution in [3.05, 3.63) is 34.9 Å². The molecule has 1 aromatic rings. The zero-order valence-corrected chi connectivity index (χ0v) is 15.2. The fourth-order valence-corrected chi connectivity index (χ4v) is 4.11. The molecule has 2 fully saturated rings. The van der Waals surface area contributed by atoms with E-state index < -0.39 is 0 Å². The first-order valence-electron chi connectivity index (χ1n) is 8.89. The van der Waals surface area contributed by atoms with E-state index in [1.54, 1.807) is 7.11 Å². The third-order valence-corrected chi connectivity index (χ3v) is 5.78. The first-order valence-corrected chi connectivity index (χ1v) is 9.27. The van der Waals surface area contributed by atoms with Crippen molar-refractivity contribution in [2.45, 2.75) is 37.6 Å². The second-order valence-corrected chi connectivity index (χ2v) is 7.44. The van der Waals surface area contributed by atoms with Crippen LogP contribution in [-0.4, -0.2) is 61.1 Å². The summed E-state index contributed by atoms with van der Waals surface area (Å²) in [5, 5.41) is 0.740. The monoisotopic (exact) mass is 350 g/mol. The van der Waals surface area contributed by atoms with E-state index >= 15 is 0 Å². The highest BCUT2D eigenvalue weighted by Gasteiger charge is 2.47. The molecule has 132 valence electrons. The summed E-state index contributed by atoms with van der Waals surface area (Å²) in [5.41, 5.74) is 1.39. The predicted octanol–water partition coefficient (Wildman–Crippen LogP) is 2.99. The van der Waals surface area contributed by atoms with Crippen LogP contribution in [0.15, 0.2) is 24.3 Å². The van der Waals surface area contributed by atoms with Crippen LogP contribution in [0.4, 0.5) is 0 Å². The molecule has 1 atom stereocenters. The van der Waals surface area contributed by atoms with Crippen molar-refractivity contribution in [3.8, 4) is 0 Å². The van der Waals surface area contributed by atoms with Gasteiger partial charge in [-0.1, -0.05) is 23.7 Å². The summed E-state index contributed by atoms with van der Waals surface area (Å²) < 4.78 is 5.22. The lowest BCUT2D eigenvalue weighted by atomic mass is 9.77. The largest absolute Gasteiger partial charge is 0.383 e. The number of nitrogens with zero attached hydrogens (tertiary/aromatic N) is 2. The van der Waals surface area contributed by atoms with Gasteiger partial charge >= 0.3 is 0 Å². The van der Waals surface area contributed by atoms with Crippen molar-refractivity contribution in [1.29, 1.82) is 0 Å². The normalized spacial score (nSPS) is 24.2. The first-order chi connectivity index (χ1) is 11.6. The molecule has 1 spiro atoms. The van der Waals surface area contributed by atoms with Crippen molar-refractivity contribution in [3.63, 3.8) is 0 Å². The molecule has 0 radical (unpaired) electrons. The van der Waals surface area contributed by atoms with E-state index in [2.05, 4.69) is 9.80 Å². The zero-order chi connectivity index (χ0) is 17.0. The molecule has 0 N–H and O–H groups in total. The summed E-state index contributed by atoms with van der Waals surface area (Å²) in [6.07, 6.45) is 4.88. The van der Waals surface area contributed by atoms with E-state index in [0.29, 0.717) is 6.42 Å². The summed E-state index contributed by atoms with van der Waals surface area (Å²) in [7, 11) is 1.75. The number of hydrogen-bond donors (Lipinski definition) is 0. The SMILES string of the molecule is COCCN1CC[C@@]12CCCN(C(=O)CCc1ccc(Cl)cc1)C2. The molecule has 5 heteroatoms. The minimum Gasteiger partial charge on any atom is -0.383 e. The van der Waals surface area contributed by atoms with Crippen LogP contribution in [0, 0.1) is 0 Å². The number of methoxy groups -OCH3 is 1. The van der Waals surface area contributed by atoms with E-state index in [9.17, 15) is 4.79 Å². The molecular weight excluding hydrogens is 324 g/mol. The number of piperidine rings is 1. The van der Waals surface area contributed by atoms with Crippen molar-refractivity contribution in [1.82, 2.24) is 9.80 Å². The summed E-state index contributed by atoms with van der Waals surface area (Å²) in [4.78, 5) is 17.2. The van der Waals surface area contributed by atoms with Gasteiger partial charge in [0.15, 0.2) is 0 Å². The topological polar surface area (TPSA) is 32.8 Å². The number of amides is 1. The van der Waals surface area contributed by atoms with Crippen LogP contribution in [0.3, 0.4) is 0 Å². The molecule has 0 bridgehead atoms. The van der Waals surface area contributed by atoms with Crippen LogP contribution in [-0.2, 0) is 16.0 Å². The van der Waals surface area contributed by atoms with E-state index in [-0.39, 0.29) is 11.4 Å². The molecular formula is C19H27ClN2O2. The Labute approximate surface area is 149 Å². The van der Waals surface area contributed by atoms with Gasteiger partial charge in [0.2, 0.25) is 5.91 Å². The Morgan fingerprint density at radius 1 is 1.25 bits per heavy atom. The van der Waals surface area contributed by atoms with Gasteiger partial charge in [0.05, 0.1) is 6.61 Å². The molecule has 24 heavy (non-hydrogen) atoms. The van der Waals surface area contributed by atoms with Gasteiger partial charge in [-0.3, -0.25) is 9.69 Å². The molecule has 2 saturated heterocycles. The molecule has 1 amide bonds. The number of halogens is 1. The average molecular weight is 351 g/mol. The van der Waals surface area contributed by atoms with Gasteiger partial charge < -0.3 is 9.64 Å². The van der Waals surface area contributed by atoms with Crippen molar-refractivity contribution in [2.75, 3.05) is 39.9 Å². The molecule has 3 rings (SSSR count). The van der Waals surface area contributed by atoms with Crippen LogP contribution in [0.1, 0.15) is 31.2 Å². The van der Waals surface area contributed by atoms with E-state index in [1.165, 1.54) is 18.4 Å². The summed E-state index contributed by atoms with van der Waals surface area (Å²) in [6.45, 7) is 4.67. The van der Waals surface area contributed by atoms with Gasteiger partial charge in [-0.15, -0.1) is 0 Å². The average Bonchev–Trinajstić information content (AvgIpc) is 2.60. The van der Waals surface area contributed by atoms with Gasteiger partial charge in [0.1, 0.15) is 0 Å². The number of rotatable bonds is 6. The van der Waals surface area contributed by atoms with Gasteiger partial charge in [-0.05, 0) is 43.4 Å². The Kier molecular flexibility index (Phi) is 5.80. The van der Waals surface area contributed by atoms with E-state index in [4.69, 9.17) is 16.3 Å². The van der Waals surface area contributed by atoms with Crippen molar-refractivity contribution in [2.24, 2.45) is 0 Å². The minimum absolute atomic E-state index is 0.215. The highest BCUT2D eigenvalue weighted by atomic mass is 35.5. The van der Waals surface area contributed by atoms with Crippen LogP contribution in [0.5, 0.6) is 0 Å². The molecule has 0 unspecified atom stereocenters. The number of benzene rings is 1. The van der Waals surface area contributed by atoms with Crippen LogP contribution >= 0.6 is 11.6 Å². The second-order valence-electron chi connectivity index (χ2n) is 7.00. The number of carbonyl (C=O) groups is 1. The maximum absolute atomic E-state index is 12.6. The Morgan fingerprint density at radius 2 is 2.04 bits per heavy atom. The Morgan fingerprint density at radius 3 is 2.71 bits per heavy atom. The number of likely N-dealkylation sites (tertiary alicyclic amines) is 2. The molecule has 0 saturated carbocycles. The predicted molar refractivity (Wildman–Crippen MR) is 96.4 cm³/mol. The fraction of sp³-hybridized carbons (Fsp3) is 0.632.